The maximum absolute atomic E-state index is 9.86. The van der Waals surface area contributed by atoms with Gasteiger partial charge >= 0.3 is 0 Å². The van der Waals surface area contributed by atoms with Gasteiger partial charge in [0.2, 0.25) is 0 Å². The van der Waals surface area contributed by atoms with Crippen LogP contribution in [0.2, 0.25) is 0 Å². The first kappa shape index (κ1) is 13.9. The molecule has 0 amide bonds. The van der Waals surface area contributed by atoms with E-state index in [1.165, 1.54) is 0 Å². The van der Waals surface area contributed by atoms with Gasteiger partial charge < -0.3 is 15.7 Å². The summed E-state index contributed by atoms with van der Waals surface area (Å²) < 4.78 is 0. The fourth-order valence-electron chi connectivity index (χ4n) is 1.71. The molecule has 0 saturated heterocycles. The summed E-state index contributed by atoms with van der Waals surface area (Å²) in [4.78, 5) is 6.38. The second kappa shape index (κ2) is 5.47. The highest BCUT2D eigenvalue weighted by molar-refractivity contribution is 5.42. The minimum absolute atomic E-state index is 0.00223. The molecular weight excluding hydrogens is 214 g/mol. The van der Waals surface area contributed by atoms with Crippen LogP contribution in [0.3, 0.4) is 0 Å². The third-order valence-electron chi connectivity index (χ3n) is 2.58. The second-order valence-corrected chi connectivity index (χ2v) is 5.06. The molecule has 0 bridgehead atoms. The molecular formula is C13H23N3O. The summed E-state index contributed by atoms with van der Waals surface area (Å²) in [7, 11) is 0. The molecule has 0 radical (unpaired) electrons. The molecule has 0 aliphatic heterocycles. The lowest BCUT2D eigenvalue weighted by molar-refractivity contribution is 0.0874. The van der Waals surface area contributed by atoms with Crippen molar-refractivity contribution in [3.05, 3.63) is 23.9 Å². The number of hydrogen-bond donors (Lipinski definition) is 2. The Hall–Kier alpha value is -1.13. The Bertz CT molecular complexity index is 358. The molecule has 0 aliphatic rings. The largest absolute Gasteiger partial charge is 0.389 e. The Morgan fingerprint density at radius 3 is 2.65 bits per heavy atom. The second-order valence-electron chi connectivity index (χ2n) is 5.06. The van der Waals surface area contributed by atoms with E-state index in [9.17, 15) is 5.11 Å². The number of nitrogens with two attached hydrogens (primary N) is 1. The van der Waals surface area contributed by atoms with Gasteiger partial charge in [-0.1, -0.05) is 0 Å². The molecule has 96 valence electrons. The predicted octanol–water partition coefficient (Wildman–Crippen LogP) is 1.70. The summed E-state index contributed by atoms with van der Waals surface area (Å²) in [5.74, 6) is 0.865. The van der Waals surface area contributed by atoms with Gasteiger partial charge in [0.25, 0.3) is 0 Å². The van der Waals surface area contributed by atoms with Crippen LogP contribution in [0.5, 0.6) is 0 Å². The zero-order valence-corrected chi connectivity index (χ0v) is 11.1. The van der Waals surface area contributed by atoms with Gasteiger partial charge in [0.05, 0.1) is 5.60 Å². The van der Waals surface area contributed by atoms with Crippen LogP contribution in [-0.2, 0) is 0 Å². The molecule has 0 saturated carbocycles. The van der Waals surface area contributed by atoms with Gasteiger partial charge in [0.1, 0.15) is 5.82 Å². The first-order valence-corrected chi connectivity index (χ1v) is 6.02. The number of pyridine rings is 1. The zero-order chi connectivity index (χ0) is 13.1. The molecule has 1 aromatic heterocycles. The predicted molar refractivity (Wildman–Crippen MR) is 71.0 cm³/mol. The fraction of sp³-hybridized carbons (Fsp3) is 0.615. The highest BCUT2D eigenvalue weighted by atomic mass is 16.3. The number of aliphatic hydroxyl groups is 1. The van der Waals surface area contributed by atoms with E-state index in [2.05, 4.69) is 4.98 Å². The standard InChI is InChI=1S/C13H23N3O/c1-5-16(9-13(3,4)17)12-8-11(10(2)14)6-7-15-12/h6-8,10,17H,5,9,14H2,1-4H3/t10-/m0/s1. The van der Waals surface area contributed by atoms with E-state index in [1.807, 2.05) is 30.9 Å². The molecule has 4 nitrogen and oxygen atoms in total. The van der Waals surface area contributed by atoms with Crippen LogP contribution in [0.15, 0.2) is 18.3 Å². The summed E-state index contributed by atoms with van der Waals surface area (Å²) in [6.45, 7) is 8.95. The van der Waals surface area contributed by atoms with Crippen LogP contribution in [0.25, 0.3) is 0 Å². The Balaban J connectivity index is 2.92. The normalized spacial score (nSPS) is 13.5. The van der Waals surface area contributed by atoms with Crippen molar-refractivity contribution in [3.63, 3.8) is 0 Å². The van der Waals surface area contributed by atoms with Crippen molar-refractivity contribution < 1.29 is 5.11 Å². The van der Waals surface area contributed by atoms with E-state index >= 15 is 0 Å². The Kier molecular flexibility index (Phi) is 4.48. The summed E-state index contributed by atoms with van der Waals surface area (Å²) in [6, 6.07) is 3.91. The fourth-order valence-corrected chi connectivity index (χ4v) is 1.71. The van der Waals surface area contributed by atoms with Crippen LogP contribution in [-0.4, -0.2) is 28.8 Å². The number of likely N-dealkylation sites (N-methyl/N-ethyl adjacent to an activating group) is 1. The average Bonchev–Trinajstić information content (AvgIpc) is 2.25. The first-order chi connectivity index (χ1) is 7.83. The quantitative estimate of drug-likeness (QED) is 0.818. The number of nitrogens with zero attached hydrogens (tertiary/aromatic N) is 2. The summed E-state index contributed by atoms with van der Waals surface area (Å²) >= 11 is 0. The average molecular weight is 237 g/mol. The number of rotatable bonds is 5. The monoisotopic (exact) mass is 237 g/mol. The maximum Gasteiger partial charge on any atom is 0.128 e. The lowest BCUT2D eigenvalue weighted by atomic mass is 10.1. The third-order valence-corrected chi connectivity index (χ3v) is 2.58. The molecule has 1 rings (SSSR count). The Labute approximate surface area is 103 Å². The van der Waals surface area contributed by atoms with Crippen molar-refractivity contribution in [3.8, 4) is 0 Å². The minimum atomic E-state index is -0.734. The number of aromatic nitrogens is 1. The van der Waals surface area contributed by atoms with Gasteiger partial charge in [-0.25, -0.2) is 4.98 Å². The van der Waals surface area contributed by atoms with Gasteiger partial charge in [-0.15, -0.1) is 0 Å². The van der Waals surface area contributed by atoms with Crippen molar-refractivity contribution in [2.75, 3.05) is 18.0 Å². The van der Waals surface area contributed by atoms with Gasteiger partial charge in [-0.05, 0) is 45.4 Å². The van der Waals surface area contributed by atoms with E-state index in [-0.39, 0.29) is 6.04 Å². The SMILES string of the molecule is CCN(CC(C)(C)O)c1cc([C@H](C)N)ccn1. The molecule has 4 heteroatoms. The Morgan fingerprint density at radius 1 is 1.53 bits per heavy atom. The molecule has 0 aliphatic carbocycles. The van der Waals surface area contributed by atoms with Gasteiger partial charge in [0, 0.05) is 25.3 Å². The third kappa shape index (κ3) is 4.32. The van der Waals surface area contributed by atoms with Gasteiger partial charge in [0.15, 0.2) is 0 Å². The van der Waals surface area contributed by atoms with Crippen LogP contribution < -0.4 is 10.6 Å². The highest BCUT2D eigenvalue weighted by Gasteiger charge is 2.18. The Morgan fingerprint density at radius 2 is 2.18 bits per heavy atom. The molecule has 1 aromatic rings. The molecule has 17 heavy (non-hydrogen) atoms. The molecule has 0 spiro atoms. The van der Waals surface area contributed by atoms with Crippen LogP contribution >= 0.6 is 0 Å². The van der Waals surface area contributed by atoms with Crippen LogP contribution in [0, 0.1) is 0 Å². The molecule has 0 fully saturated rings. The van der Waals surface area contributed by atoms with E-state index < -0.39 is 5.60 Å². The van der Waals surface area contributed by atoms with Gasteiger partial charge in [-0.3, -0.25) is 0 Å². The molecule has 0 unspecified atom stereocenters. The van der Waals surface area contributed by atoms with Gasteiger partial charge in [-0.2, -0.15) is 0 Å². The van der Waals surface area contributed by atoms with E-state index in [0.717, 1.165) is 17.9 Å². The lowest BCUT2D eigenvalue weighted by Gasteiger charge is -2.29. The van der Waals surface area contributed by atoms with E-state index in [1.54, 1.807) is 20.0 Å². The number of anilines is 1. The van der Waals surface area contributed by atoms with Crippen molar-refractivity contribution in [1.82, 2.24) is 4.98 Å². The first-order valence-electron chi connectivity index (χ1n) is 6.02. The van der Waals surface area contributed by atoms with E-state index in [0.29, 0.717) is 6.54 Å². The summed E-state index contributed by atoms with van der Waals surface area (Å²) in [6.07, 6.45) is 1.76. The van der Waals surface area contributed by atoms with E-state index in [4.69, 9.17) is 5.73 Å². The van der Waals surface area contributed by atoms with Crippen LogP contribution in [0.1, 0.15) is 39.3 Å². The van der Waals surface area contributed by atoms with Crippen molar-refractivity contribution in [2.24, 2.45) is 5.73 Å². The summed E-state index contributed by atoms with van der Waals surface area (Å²) in [5.41, 5.74) is 6.18. The van der Waals surface area contributed by atoms with Crippen molar-refractivity contribution in [2.45, 2.75) is 39.3 Å². The van der Waals surface area contributed by atoms with Crippen LogP contribution in [0.4, 0.5) is 5.82 Å². The molecule has 3 N–H and O–H groups in total. The van der Waals surface area contributed by atoms with Crippen molar-refractivity contribution >= 4 is 5.82 Å². The maximum atomic E-state index is 9.86. The molecule has 1 heterocycles. The molecule has 0 aromatic carbocycles. The number of hydrogen-bond acceptors (Lipinski definition) is 4. The zero-order valence-electron chi connectivity index (χ0n) is 11.1. The lowest BCUT2D eigenvalue weighted by Crippen LogP contribution is -2.39. The smallest absolute Gasteiger partial charge is 0.128 e. The topological polar surface area (TPSA) is 62.4 Å². The minimum Gasteiger partial charge on any atom is -0.389 e. The summed E-state index contributed by atoms with van der Waals surface area (Å²) in [5, 5.41) is 9.86. The van der Waals surface area contributed by atoms with Crippen molar-refractivity contribution in [1.29, 1.82) is 0 Å². The highest BCUT2D eigenvalue weighted by Crippen LogP contribution is 2.18. The molecule has 1 atom stereocenters.